The lowest BCUT2D eigenvalue weighted by Gasteiger charge is -2.43. The standard InChI is InChI=1S/C59H95NO14/c1-38-20-13-12-14-21-39(2)51(72-30-18-17-29-68-9)36-47-25-23-44(7)59(67,74-47)56(64)57(65)60-27-16-15-22-48(60)58(66)73-52(42(5)34-46-24-26-50(53(35-46)69-10)71-31-19-28-61)37-49(62)41(4)33-43(6)54(63)55(70-11)45(8)40(3)32-38/h12-14,20-21,33,38,40-42,44,46-48,50-55,61,63,67H,8,15-19,22-32,34-37H2,1-7,9-11H3/b14-12+,20-13+,39-21+,43-33+/t38-,40-,41-,42-,44-,46+,47+,48+,50-,51?,52+,53-,54-,55+,59-/m1/s1. The van der Waals surface area contributed by atoms with Crippen LogP contribution >= 0.6 is 0 Å². The highest BCUT2D eigenvalue weighted by Crippen LogP contribution is 2.38. The number of aliphatic hydroxyl groups excluding tert-OH is 2. The van der Waals surface area contributed by atoms with E-state index in [0.29, 0.717) is 76.8 Å². The maximum atomic E-state index is 14.6. The zero-order chi connectivity index (χ0) is 54.5. The lowest BCUT2D eigenvalue weighted by Crippen LogP contribution is -2.61. The second-order valence-corrected chi connectivity index (χ2v) is 22.0. The van der Waals surface area contributed by atoms with Crippen molar-refractivity contribution in [3.63, 3.8) is 0 Å². The third-order valence-corrected chi connectivity index (χ3v) is 16.1. The molecule has 420 valence electrons. The number of carbonyl (C=O) groups excluding carboxylic acids is 4. The number of ether oxygens (including phenoxy) is 7. The predicted octanol–water partition coefficient (Wildman–Crippen LogP) is 8.37. The fraction of sp³-hybridized carbons (Fsp3) is 0.763. The molecule has 0 aromatic carbocycles. The molecule has 3 heterocycles. The zero-order valence-corrected chi connectivity index (χ0v) is 46.7. The van der Waals surface area contributed by atoms with Gasteiger partial charge in [-0.3, -0.25) is 14.4 Å². The number of Topliss-reactive ketones (excluding diaryl/α,β-unsaturated/α-hetero) is 2. The van der Waals surface area contributed by atoms with E-state index in [1.54, 1.807) is 48.2 Å². The van der Waals surface area contributed by atoms with Crippen LogP contribution in [0.2, 0.25) is 0 Å². The van der Waals surface area contributed by atoms with Crippen molar-refractivity contribution in [2.24, 2.45) is 35.5 Å². The summed E-state index contributed by atoms with van der Waals surface area (Å²) in [5.74, 6) is -6.86. The number of rotatable bonds is 15. The van der Waals surface area contributed by atoms with E-state index in [9.17, 15) is 34.5 Å². The molecule has 15 heteroatoms. The molecular weight excluding hydrogens is 947 g/mol. The first-order chi connectivity index (χ1) is 35.3. The van der Waals surface area contributed by atoms with E-state index >= 15 is 0 Å². The first-order valence-electron chi connectivity index (χ1n) is 27.7. The molecule has 0 radical (unpaired) electrons. The fourth-order valence-corrected chi connectivity index (χ4v) is 11.2. The van der Waals surface area contributed by atoms with Crippen molar-refractivity contribution in [3.8, 4) is 0 Å². The van der Waals surface area contributed by atoms with Gasteiger partial charge in [0.05, 0.1) is 24.4 Å². The number of methoxy groups -OCH3 is 3. The Hall–Kier alpha value is -3.38. The number of nitrogens with zero attached hydrogens (tertiary/aromatic N) is 1. The summed E-state index contributed by atoms with van der Waals surface area (Å²) >= 11 is 0. The van der Waals surface area contributed by atoms with Gasteiger partial charge in [-0.05, 0) is 138 Å². The van der Waals surface area contributed by atoms with Crippen molar-refractivity contribution in [2.45, 2.75) is 199 Å². The number of cyclic esters (lactones) is 1. The number of unbranched alkanes of at least 4 members (excludes halogenated alkanes) is 1. The Kier molecular flexibility index (Phi) is 27.1. The lowest BCUT2D eigenvalue weighted by molar-refractivity contribution is -0.266. The summed E-state index contributed by atoms with van der Waals surface area (Å²) in [6.45, 7) is 19.4. The molecule has 4 aliphatic rings. The summed E-state index contributed by atoms with van der Waals surface area (Å²) in [7, 11) is 4.87. The van der Waals surface area contributed by atoms with Crippen LogP contribution in [-0.4, -0.2) is 153 Å². The monoisotopic (exact) mass is 1040 g/mol. The van der Waals surface area contributed by atoms with Gasteiger partial charge in [0.2, 0.25) is 5.79 Å². The van der Waals surface area contributed by atoms with Gasteiger partial charge in [0.15, 0.2) is 0 Å². The summed E-state index contributed by atoms with van der Waals surface area (Å²) in [5.41, 5.74) is 2.22. The average Bonchev–Trinajstić information content (AvgIpc) is 3.38. The van der Waals surface area contributed by atoms with Crippen LogP contribution in [0.25, 0.3) is 0 Å². The predicted molar refractivity (Wildman–Crippen MR) is 285 cm³/mol. The normalized spacial score (nSPS) is 37.0. The summed E-state index contributed by atoms with van der Waals surface area (Å²) in [6.07, 6.45) is 16.0. The van der Waals surface area contributed by atoms with E-state index in [2.05, 4.69) is 26.5 Å². The van der Waals surface area contributed by atoms with Crippen LogP contribution in [0.4, 0.5) is 0 Å². The minimum atomic E-state index is -2.44. The van der Waals surface area contributed by atoms with Gasteiger partial charge in [0.1, 0.15) is 30.1 Å². The van der Waals surface area contributed by atoms with Crippen molar-refractivity contribution in [3.05, 3.63) is 59.8 Å². The minimum absolute atomic E-state index is 0.0108. The Labute approximate surface area is 443 Å². The molecule has 0 aromatic heterocycles. The number of piperidine rings is 1. The van der Waals surface area contributed by atoms with E-state index in [-0.39, 0.29) is 67.7 Å². The van der Waals surface area contributed by atoms with Crippen molar-refractivity contribution in [1.82, 2.24) is 4.90 Å². The Morgan fingerprint density at radius 2 is 1.57 bits per heavy atom. The molecule has 1 saturated carbocycles. The Morgan fingerprint density at radius 3 is 2.27 bits per heavy atom. The van der Waals surface area contributed by atoms with Gasteiger partial charge in [0.25, 0.3) is 11.7 Å². The second-order valence-electron chi connectivity index (χ2n) is 22.0. The highest BCUT2D eigenvalue weighted by atomic mass is 16.6. The van der Waals surface area contributed by atoms with Crippen LogP contribution in [0, 0.1) is 35.5 Å². The van der Waals surface area contributed by atoms with E-state index < -0.39 is 71.8 Å². The molecule has 74 heavy (non-hydrogen) atoms. The summed E-state index contributed by atoms with van der Waals surface area (Å²) in [4.78, 5) is 59.2. The number of ketones is 2. The van der Waals surface area contributed by atoms with Crippen molar-refractivity contribution in [1.29, 1.82) is 0 Å². The van der Waals surface area contributed by atoms with Gasteiger partial charge >= 0.3 is 5.97 Å². The SMILES string of the molecule is C=C1[C@H](C)C[C@H](C)/C=C/C=C/C=C(\C)C(OCCCCOC)C[C@@H]2CC[C@@H](C)[C@@](O)(O2)C(=O)C(=O)N2CCCC[C@H]2C(=O)O[C@H]([C@H](C)C[C@@H]2CC[C@@H](OCCCO)[C@H](OC)C2)CC(=O)[C@H](C)/C=C(\C)[C@@H](O)[C@H]1OC. The molecular formula is C59H95NO14. The molecule has 15 atom stereocenters. The van der Waals surface area contributed by atoms with Gasteiger partial charge in [-0.15, -0.1) is 0 Å². The van der Waals surface area contributed by atoms with Crippen LogP contribution in [0.1, 0.15) is 145 Å². The first kappa shape index (κ1) is 63.2. The highest BCUT2D eigenvalue weighted by molar-refractivity contribution is 6.39. The van der Waals surface area contributed by atoms with Crippen molar-refractivity contribution >= 4 is 23.4 Å². The smallest absolute Gasteiger partial charge is 0.329 e. The van der Waals surface area contributed by atoms with Crippen molar-refractivity contribution in [2.75, 3.05) is 54.3 Å². The fourth-order valence-electron chi connectivity index (χ4n) is 11.2. The number of hydrogen-bond acceptors (Lipinski definition) is 14. The second kappa shape index (κ2) is 31.7. The third-order valence-electron chi connectivity index (χ3n) is 16.1. The maximum absolute atomic E-state index is 14.6. The van der Waals surface area contributed by atoms with Gasteiger partial charge < -0.3 is 53.4 Å². The van der Waals surface area contributed by atoms with Gasteiger partial charge in [-0.25, -0.2) is 4.79 Å². The molecule has 2 saturated heterocycles. The summed E-state index contributed by atoms with van der Waals surface area (Å²) < 4.78 is 42.2. The van der Waals surface area contributed by atoms with E-state index in [1.807, 2.05) is 38.2 Å². The molecule has 3 N–H and O–H groups in total. The quantitative estimate of drug-likeness (QED) is 0.0612. The summed E-state index contributed by atoms with van der Waals surface area (Å²) in [6, 6.07) is -1.13. The number of allylic oxidation sites excluding steroid dienone is 6. The highest BCUT2D eigenvalue weighted by Gasteiger charge is 2.53. The van der Waals surface area contributed by atoms with Crippen LogP contribution in [-0.2, 0) is 52.3 Å². The van der Waals surface area contributed by atoms with Gasteiger partial charge in [-0.2, -0.15) is 0 Å². The van der Waals surface area contributed by atoms with Crippen LogP contribution < -0.4 is 0 Å². The summed E-state index contributed by atoms with van der Waals surface area (Å²) in [5, 5.41) is 33.2. The Morgan fingerprint density at radius 1 is 0.838 bits per heavy atom. The topological polar surface area (TPSA) is 197 Å². The zero-order valence-electron chi connectivity index (χ0n) is 46.7. The lowest BCUT2D eigenvalue weighted by atomic mass is 9.78. The largest absolute Gasteiger partial charge is 0.460 e. The van der Waals surface area contributed by atoms with Crippen LogP contribution in [0.15, 0.2) is 59.8 Å². The number of aliphatic hydroxyl groups is 3. The van der Waals surface area contributed by atoms with Crippen molar-refractivity contribution < 1.29 is 67.7 Å². The number of carbonyl (C=O) groups is 4. The van der Waals surface area contributed by atoms with E-state index in [0.717, 1.165) is 43.3 Å². The van der Waals surface area contributed by atoms with E-state index in [4.69, 9.17) is 33.2 Å². The first-order valence-corrected chi connectivity index (χ1v) is 27.7. The average molecular weight is 1040 g/mol. The van der Waals surface area contributed by atoms with Gasteiger partial charge in [0, 0.05) is 79.0 Å². The number of fused-ring (bicyclic) bond motifs is 3. The Bertz CT molecular complexity index is 1910. The molecule has 3 aliphatic heterocycles. The molecule has 0 spiro atoms. The minimum Gasteiger partial charge on any atom is -0.460 e. The maximum Gasteiger partial charge on any atom is 0.329 e. The molecule has 15 nitrogen and oxygen atoms in total. The molecule has 0 aromatic rings. The number of amides is 1. The van der Waals surface area contributed by atoms with Crippen LogP contribution in [0.5, 0.6) is 0 Å². The Balaban J connectivity index is 1.71. The molecule has 3 fully saturated rings. The number of esters is 1. The molecule has 4 rings (SSSR count). The molecule has 2 bridgehead atoms. The molecule has 1 unspecified atom stereocenters. The molecule has 1 amide bonds. The third kappa shape index (κ3) is 18.4. The number of hydrogen-bond donors (Lipinski definition) is 3. The van der Waals surface area contributed by atoms with E-state index in [1.165, 1.54) is 4.90 Å². The van der Waals surface area contributed by atoms with Gasteiger partial charge in [-0.1, -0.05) is 77.7 Å². The van der Waals surface area contributed by atoms with Crippen LogP contribution in [0.3, 0.4) is 0 Å². The molecule has 1 aliphatic carbocycles.